The fourth-order valence-electron chi connectivity index (χ4n) is 2.24. The third kappa shape index (κ3) is 3.40. The lowest BCUT2D eigenvalue weighted by atomic mass is 9.77. The molecule has 0 radical (unpaired) electrons. The van der Waals surface area contributed by atoms with Gasteiger partial charge in [-0.2, -0.15) is 0 Å². The van der Waals surface area contributed by atoms with Gasteiger partial charge in [0.25, 0.3) is 0 Å². The van der Waals surface area contributed by atoms with Crippen LogP contribution in [0.2, 0.25) is 0 Å². The maximum atomic E-state index is 14.0. The third-order valence-electron chi connectivity index (χ3n) is 4.27. The Bertz CT molecular complexity index is 572. The van der Waals surface area contributed by atoms with Crippen LogP contribution in [0.1, 0.15) is 39.1 Å². The maximum absolute atomic E-state index is 14.0. The number of hydrogen-bond donors (Lipinski definition) is 1. The minimum atomic E-state index is -0.515. The Balaban J connectivity index is 2.35. The highest BCUT2D eigenvalue weighted by Gasteiger charge is 2.52. The Morgan fingerprint density at radius 2 is 1.86 bits per heavy atom. The maximum Gasteiger partial charge on any atom is 0.491 e. The molecule has 2 rings (SSSR count). The average molecular weight is 306 g/mol. The van der Waals surface area contributed by atoms with Gasteiger partial charge in [-0.15, -0.1) is 0 Å². The molecule has 0 amide bonds. The second-order valence-corrected chi connectivity index (χ2v) is 6.66. The highest BCUT2D eigenvalue weighted by atomic mass is 19.1. The molecule has 1 N–H and O–H groups in total. The molecule has 0 aromatic carbocycles. The molecule has 2 heterocycles. The first kappa shape index (κ1) is 17.1. The van der Waals surface area contributed by atoms with Gasteiger partial charge in [-0.1, -0.05) is 0 Å². The summed E-state index contributed by atoms with van der Waals surface area (Å²) in [5.41, 5.74) is 1.04. The van der Waals surface area contributed by atoms with E-state index >= 15 is 0 Å². The monoisotopic (exact) mass is 306 g/mol. The van der Waals surface area contributed by atoms with Gasteiger partial charge in [-0.05, 0) is 65.3 Å². The zero-order chi connectivity index (χ0) is 16.5. The van der Waals surface area contributed by atoms with Crippen LogP contribution in [0, 0.1) is 12.7 Å². The number of likely N-dealkylation sites (N-methyl/N-ethyl adjacent to an activating group) is 1. The van der Waals surface area contributed by atoms with Gasteiger partial charge < -0.3 is 14.6 Å². The van der Waals surface area contributed by atoms with E-state index in [1.165, 1.54) is 6.07 Å². The first-order chi connectivity index (χ1) is 10.2. The molecule has 1 saturated heterocycles. The molecule has 0 bridgehead atoms. The van der Waals surface area contributed by atoms with Crippen LogP contribution in [0.4, 0.5) is 4.39 Å². The fourth-order valence-corrected chi connectivity index (χ4v) is 2.24. The van der Waals surface area contributed by atoms with Gasteiger partial charge in [0.2, 0.25) is 0 Å². The van der Waals surface area contributed by atoms with Crippen molar-refractivity contribution in [2.75, 3.05) is 13.6 Å². The van der Waals surface area contributed by atoms with Crippen molar-refractivity contribution in [2.45, 2.75) is 45.8 Å². The van der Waals surface area contributed by atoms with E-state index in [1.54, 1.807) is 12.1 Å². The molecule has 1 fully saturated rings. The molecular formula is C16H24BFN2O2. The van der Waals surface area contributed by atoms with Crippen molar-refractivity contribution >= 4 is 13.2 Å². The molecule has 0 aliphatic carbocycles. The molecule has 1 aromatic heterocycles. The van der Waals surface area contributed by atoms with Gasteiger partial charge in [0.1, 0.15) is 5.82 Å². The summed E-state index contributed by atoms with van der Waals surface area (Å²) in [7, 11) is 1.32. The van der Waals surface area contributed by atoms with Gasteiger partial charge in [0.05, 0.1) is 16.9 Å². The molecule has 0 spiro atoms. The van der Waals surface area contributed by atoms with E-state index in [1.807, 2.05) is 41.7 Å². The minimum Gasteiger partial charge on any atom is -0.400 e. The number of aromatic nitrogens is 1. The molecule has 1 aliphatic rings. The summed E-state index contributed by atoms with van der Waals surface area (Å²) in [6.07, 6.45) is 1.71. The van der Waals surface area contributed by atoms with E-state index in [4.69, 9.17) is 9.31 Å². The topological polar surface area (TPSA) is 43.4 Å². The van der Waals surface area contributed by atoms with E-state index in [0.717, 1.165) is 11.2 Å². The minimum absolute atomic E-state index is 0.306. The Labute approximate surface area is 132 Å². The van der Waals surface area contributed by atoms with E-state index < -0.39 is 18.3 Å². The van der Waals surface area contributed by atoms with Gasteiger partial charge in [0.15, 0.2) is 0 Å². The quantitative estimate of drug-likeness (QED) is 0.869. The van der Waals surface area contributed by atoms with Gasteiger partial charge in [-0.25, -0.2) is 4.39 Å². The third-order valence-corrected chi connectivity index (χ3v) is 4.27. The molecule has 22 heavy (non-hydrogen) atoms. The van der Waals surface area contributed by atoms with Crippen LogP contribution in [-0.4, -0.2) is 36.9 Å². The predicted octanol–water partition coefficient (Wildman–Crippen LogP) is 2.76. The largest absolute Gasteiger partial charge is 0.491 e. The van der Waals surface area contributed by atoms with Crippen LogP contribution < -0.4 is 5.32 Å². The average Bonchev–Trinajstić information content (AvgIpc) is 2.62. The van der Waals surface area contributed by atoms with Crippen molar-refractivity contribution in [1.82, 2.24) is 10.3 Å². The Morgan fingerprint density at radius 3 is 2.41 bits per heavy atom. The van der Waals surface area contributed by atoms with Crippen LogP contribution in [-0.2, 0) is 9.31 Å². The molecule has 120 valence electrons. The lowest BCUT2D eigenvalue weighted by Crippen LogP contribution is -2.41. The van der Waals surface area contributed by atoms with Gasteiger partial charge in [-0.3, -0.25) is 4.98 Å². The summed E-state index contributed by atoms with van der Waals surface area (Å²) in [6, 6.07) is 3.08. The summed E-state index contributed by atoms with van der Waals surface area (Å²) in [5, 5.41) is 3.08. The molecule has 1 aromatic rings. The van der Waals surface area contributed by atoms with Gasteiger partial charge in [0, 0.05) is 12.2 Å². The van der Waals surface area contributed by atoms with E-state index in [9.17, 15) is 4.39 Å². The number of rotatable bonds is 4. The highest BCUT2D eigenvalue weighted by molar-refractivity contribution is 6.55. The van der Waals surface area contributed by atoms with E-state index in [-0.39, 0.29) is 5.82 Å². The number of pyridine rings is 1. The summed E-state index contributed by atoms with van der Waals surface area (Å²) in [5.74, 6) is -0.351. The van der Waals surface area contributed by atoms with Crippen molar-refractivity contribution < 1.29 is 13.7 Å². The highest BCUT2D eigenvalue weighted by Crippen LogP contribution is 2.38. The molecular weight excluding hydrogens is 282 g/mol. The van der Waals surface area contributed by atoms with Crippen LogP contribution >= 0.6 is 0 Å². The lowest BCUT2D eigenvalue weighted by molar-refractivity contribution is 0.00578. The number of nitrogens with zero attached hydrogens (tertiary/aromatic N) is 1. The SMILES string of the molecule is CNCC(=Cc1nc(C)ccc1F)B1OC(C)(C)C(C)(C)O1. The molecule has 6 heteroatoms. The second kappa shape index (κ2) is 6.10. The standard InChI is InChI=1S/C16H24BFN2O2/c1-11-7-8-13(18)14(20-11)9-12(10-19-6)17-21-15(2,3)16(4,5)22-17/h7-9,19H,10H2,1-6H3. The van der Waals surface area contributed by atoms with Crippen molar-refractivity contribution in [1.29, 1.82) is 0 Å². The molecule has 4 nitrogen and oxygen atoms in total. The smallest absolute Gasteiger partial charge is 0.400 e. The number of aryl methyl sites for hydroxylation is 1. The van der Waals surface area contributed by atoms with Crippen LogP contribution in [0.25, 0.3) is 6.08 Å². The number of nitrogens with one attached hydrogen (secondary N) is 1. The van der Waals surface area contributed by atoms with E-state index in [2.05, 4.69) is 10.3 Å². The lowest BCUT2D eigenvalue weighted by Gasteiger charge is -2.32. The fraction of sp³-hybridized carbons (Fsp3) is 0.562. The van der Waals surface area contributed by atoms with Crippen molar-refractivity contribution in [2.24, 2.45) is 0 Å². The van der Waals surface area contributed by atoms with Crippen LogP contribution in [0.3, 0.4) is 0 Å². The van der Waals surface area contributed by atoms with Gasteiger partial charge >= 0.3 is 7.12 Å². The zero-order valence-corrected chi connectivity index (χ0v) is 14.2. The predicted molar refractivity (Wildman–Crippen MR) is 86.9 cm³/mol. The zero-order valence-electron chi connectivity index (χ0n) is 14.2. The Kier molecular flexibility index (Phi) is 4.75. The Hall–Kier alpha value is -1.24. The van der Waals surface area contributed by atoms with Crippen LogP contribution in [0.5, 0.6) is 0 Å². The van der Waals surface area contributed by atoms with E-state index in [0.29, 0.717) is 12.2 Å². The summed E-state index contributed by atoms with van der Waals surface area (Å²) < 4.78 is 26.0. The summed E-state index contributed by atoms with van der Waals surface area (Å²) >= 11 is 0. The molecule has 0 saturated carbocycles. The van der Waals surface area contributed by atoms with Crippen molar-refractivity contribution in [3.63, 3.8) is 0 Å². The molecule has 0 atom stereocenters. The summed E-state index contributed by atoms with van der Waals surface area (Å²) in [4.78, 5) is 4.25. The van der Waals surface area contributed by atoms with Crippen molar-refractivity contribution in [3.8, 4) is 0 Å². The second-order valence-electron chi connectivity index (χ2n) is 6.66. The normalized spacial score (nSPS) is 20.5. The van der Waals surface area contributed by atoms with Crippen LogP contribution in [0.15, 0.2) is 17.6 Å². The molecule has 1 aliphatic heterocycles. The Morgan fingerprint density at radius 1 is 1.27 bits per heavy atom. The summed E-state index contributed by atoms with van der Waals surface area (Å²) in [6.45, 7) is 10.4. The molecule has 0 unspecified atom stereocenters. The first-order valence-electron chi connectivity index (χ1n) is 7.50. The number of halogens is 1. The van der Waals surface area contributed by atoms with Crippen molar-refractivity contribution in [3.05, 3.63) is 34.8 Å². The number of hydrogen-bond acceptors (Lipinski definition) is 4. The first-order valence-corrected chi connectivity index (χ1v) is 7.50.